The van der Waals surface area contributed by atoms with Gasteiger partial charge in [0.25, 0.3) is 0 Å². The number of carbonyl (C=O) groups excluding carboxylic acids is 1. The zero-order valence-corrected chi connectivity index (χ0v) is 11.7. The minimum Gasteiger partial charge on any atom is -0.358 e. The number of carbonyl (C=O) groups is 1. The molecule has 0 saturated heterocycles. The van der Waals surface area contributed by atoms with Crippen molar-refractivity contribution in [2.75, 3.05) is 6.54 Å². The molecule has 0 saturated carbocycles. The summed E-state index contributed by atoms with van der Waals surface area (Å²) in [6.07, 6.45) is 2.80. The first-order valence-corrected chi connectivity index (χ1v) is 7.28. The van der Waals surface area contributed by atoms with Crippen molar-refractivity contribution in [3.63, 3.8) is 0 Å². The first-order chi connectivity index (χ1) is 10.8. The number of aliphatic imine (C=N–C) groups is 1. The minimum absolute atomic E-state index is 0.0354. The highest BCUT2D eigenvalue weighted by Crippen LogP contribution is 2.35. The molecule has 1 aromatic carbocycles. The van der Waals surface area contributed by atoms with E-state index in [0.29, 0.717) is 11.4 Å². The molecule has 0 unspecified atom stereocenters. The molecular formula is C17H12N4O. The van der Waals surface area contributed by atoms with E-state index < -0.39 is 0 Å². The van der Waals surface area contributed by atoms with Gasteiger partial charge in [0.1, 0.15) is 11.4 Å². The van der Waals surface area contributed by atoms with Crippen LogP contribution in [0.3, 0.4) is 0 Å². The molecule has 0 bridgehead atoms. The molecule has 0 amide bonds. The Hall–Kier alpha value is -2.95. The van der Waals surface area contributed by atoms with Crippen molar-refractivity contribution < 1.29 is 4.79 Å². The van der Waals surface area contributed by atoms with Crippen molar-refractivity contribution >= 4 is 11.5 Å². The molecule has 1 aliphatic heterocycles. The summed E-state index contributed by atoms with van der Waals surface area (Å²) in [5.74, 6) is -0.0354. The van der Waals surface area contributed by atoms with Gasteiger partial charge < -0.3 is 4.98 Å². The third-order valence-corrected chi connectivity index (χ3v) is 4.35. The van der Waals surface area contributed by atoms with Crippen LogP contribution in [-0.4, -0.2) is 33.2 Å². The molecular weight excluding hydrogens is 276 g/mol. The SMILES string of the molecule is O=C1c2[nH]cc3c2C(=NCC3)c2c(-c3ccccc3)n[nH]c21. The summed E-state index contributed by atoms with van der Waals surface area (Å²) in [6.45, 7) is 0.743. The predicted molar refractivity (Wildman–Crippen MR) is 82.5 cm³/mol. The number of hydrogen-bond acceptors (Lipinski definition) is 3. The molecule has 106 valence electrons. The van der Waals surface area contributed by atoms with Gasteiger partial charge in [0.15, 0.2) is 0 Å². The molecule has 2 N–H and O–H groups in total. The average Bonchev–Trinajstić information content (AvgIpc) is 3.19. The van der Waals surface area contributed by atoms with Crippen molar-refractivity contribution in [1.82, 2.24) is 15.2 Å². The van der Waals surface area contributed by atoms with Crippen molar-refractivity contribution in [1.29, 1.82) is 0 Å². The van der Waals surface area contributed by atoms with E-state index in [1.807, 2.05) is 36.5 Å². The van der Waals surface area contributed by atoms with Crippen LogP contribution in [0, 0.1) is 0 Å². The number of fused-ring (bicyclic) bond motifs is 2. The van der Waals surface area contributed by atoms with Crippen molar-refractivity contribution in [2.45, 2.75) is 6.42 Å². The molecule has 5 heteroatoms. The van der Waals surface area contributed by atoms with E-state index in [2.05, 4.69) is 15.2 Å². The highest BCUT2D eigenvalue weighted by molar-refractivity contribution is 6.31. The van der Waals surface area contributed by atoms with E-state index in [0.717, 1.165) is 41.1 Å². The van der Waals surface area contributed by atoms with Gasteiger partial charge in [-0.3, -0.25) is 14.9 Å². The fourth-order valence-corrected chi connectivity index (χ4v) is 3.35. The zero-order chi connectivity index (χ0) is 14.7. The highest BCUT2D eigenvalue weighted by atomic mass is 16.1. The highest BCUT2D eigenvalue weighted by Gasteiger charge is 2.37. The first-order valence-electron chi connectivity index (χ1n) is 7.28. The summed E-state index contributed by atoms with van der Waals surface area (Å²) in [5, 5.41) is 7.31. The maximum atomic E-state index is 12.7. The number of aromatic amines is 2. The number of aromatic nitrogens is 3. The molecule has 3 heterocycles. The molecule has 0 fully saturated rings. The van der Waals surface area contributed by atoms with E-state index in [9.17, 15) is 4.79 Å². The van der Waals surface area contributed by atoms with Crippen LogP contribution < -0.4 is 0 Å². The predicted octanol–water partition coefficient (Wildman–Crippen LogP) is 2.34. The number of benzene rings is 1. The Bertz CT molecular complexity index is 946. The zero-order valence-electron chi connectivity index (χ0n) is 11.7. The standard InChI is InChI=1S/C17H12N4O/c22-17-15-11-10(8-19-15)6-7-18-14(11)12-13(20-21-16(12)17)9-4-2-1-3-5-9/h1-5,8,19H,6-7H2,(H,20,21). The Balaban J connectivity index is 1.83. The number of hydrogen-bond donors (Lipinski definition) is 2. The maximum absolute atomic E-state index is 12.7. The van der Waals surface area contributed by atoms with Crippen molar-refractivity contribution in [3.05, 3.63) is 64.6 Å². The summed E-state index contributed by atoms with van der Waals surface area (Å²) in [7, 11) is 0. The monoisotopic (exact) mass is 288 g/mol. The van der Waals surface area contributed by atoms with Crippen LogP contribution in [0.25, 0.3) is 11.3 Å². The second kappa shape index (κ2) is 4.04. The van der Waals surface area contributed by atoms with Crippen LogP contribution in [-0.2, 0) is 6.42 Å². The third kappa shape index (κ3) is 1.35. The summed E-state index contributed by atoms with van der Waals surface area (Å²) < 4.78 is 0. The number of H-pyrrole nitrogens is 2. The second-order valence-electron chi connectivity index (χ2n) is 5.56. The Kier molecular flexibility index (Phi) is 2.14. The lowest BCUT2D eigenvalue weighted by atomic mass is 9.85. The number of nitrogens with zero attached hydrogens (tertiary/aromatic N) is 2. The maximum Gasteiger partial charge on any atom is 0.228 e. The van der Waals surface area contributed by atoms with Gasteiger partial charge in [-0.15, -0.1) is 0 Å². The van der Waals surface area contributed by atoms with Crippen molar-refractivity contribution in [2.24, 2.45) is 4.99 Å². The molecule has 0 spiro atoms. The van der Waals surface area contributed by atoms with E-state index in [1.54, 1.807) is 0 Å². The quantitative estimate of drug-likeness (QED) is 0.564. The molecule has 0 radical (unpaired) electrons. The summed E-state index contributed by atoms with van der Waals surface area (Å²) in [6, 6.07) is 9.90. The second-order valence-corrected chi connectivity index (χ2v) is 5.56. The van der Waals surface area contributed by atoms with E-state index in [1.165, 1.54) is 5.56 Å². The number of rotatable bonds is 1. The van der Waals surface area contributed by atoms with Crippen LogP contribution in [0.2, 0.25) is 0 Å². The van der Waals surface area contributed by atoms with E-state index in [4.69, 9.17) is 4.99 Å². The van der Waals surface area contributed by atoms with Gasteiger partial charge in [0.05, 0.1) is 17.0 Å². The smallest absolute Gasteiger partial charge is 0.228 e. The summed E-state index contributed by atoms with van der Waals surface area (Å²) >= 11 is 0. The lowest BCUT2D eigenvalue weighted by Crippen LogP contribution is -2.24. The van der Waals surface area contributed by atoms with E-state index >= 15 is 0 Å². The van der Waals surface area contributed by atoms with Crippen LogP contribution in [0.1, 0.15) is 32.9 Å². The molecule has 5 rings (SSSR count). The molecule has 2 aliphatic rings. The third-order valence-electron chi connectivity index (χ3n) is 4.35. The fourth-order valence-electron chi connectivity index (χ4n) is 3.35. The van der Waals surface area contributed by atoms with Gasteiger partial charge in [-0.25, -0.2) is 0 Å². The normalized spacial score (nSPS) is 15.3. The number of nitrogens with one attached hydrogen (secondary N) is 2. The van der Waals surface area contributed by atoms with Gasteiger partial charge in [0, 0.05) is 23.9 Å². The first kappa shape index (κ1) is 11.7. The molecule has 1 aliphatic carbocycles. The molecule has 5 nitrogen and oxygen atoms in total. The molecule has 2 aromatic heterocycles. The van der Waals surface area contributed by atoms with Crippen LogP contribution >= 0.6 is 0 Å². The molecule has 3 aromatic rings. The van der Waals surface area contributed by atoms with Gasteiger partial charge in [0.2, 0.25) is 5.78 Å². The summed E-state index contributed by atoms with van der Waals surface area (Å²) in [4.78, 5) is 20.5. The van der Waals surface area contributed by atoms with Gasteiger partial charge in [-0.2, -0.15) is 5.10 Å². The minimum atomic E-state index is -0.0354. The van der Waals surface area contributed by atoms with Gasteiger partial charge >= 0.3 is 0 Å². The fraction of sp³-hybridized carbons (Fsp3) is 0.118. The van der Waals surface area contributed by atoms with Crippen LogP contribution in [0.15, 0.2) is 41.5 Å². The van der Waals surface area contributed by atoms with Crippen molar-refractivity contribution in [3.8, 4) is 11.3 Å². The Labute approximate surface area is 126 Å². The largest absolute Gasteiger partial charge is 0.358 e. The van der Waals surface area contributed by atoms with Crippen LogP contribution in [0.4, 0.5) is 0 Å². The summed E-state index contributed by atoms with van der Waals surface area (Å²) in [5.41, 5.74) is 6.79. The average molecular weight is 288 g/mol. The Morgan fingerprint density at radius 2 is 1.91 bits per heavy atom. The lowest BCUT2D eigenvalue weighted by Gasteiger charge is -2.19. The molecule has 0 atom stereocenters. The Morgan fingerprint density at radius 1 is 1.05 bits per heavy atom. The van der Waals surface area contributed by atoms with Gasteiger partial charge in [-0.05, 0) is 12.0 Å². The topological polar surface area (TPSA) is 73.9 Å². The number of ketones is 1. The van der Waals surface area contributed by atoms with Crippen LogP contribution in [0.5, 0.6) is 0 Å². The van der Waals surface area contributed by atoms with Gasteiger partial charge in [-0.1, -0.05) is 30.3 Å². The van der Waals surface area contributed by atoms with E-state index in [-0.39, 0.29) is 5.78 Å². The lowest BCUT2D eigenvalue weighted by molar-refractivity contribution is 0.102. The Morgan fingerprint density at radius 3 is 2.77 bits per heavy atom. The molecule has 22 heavy (non-hydrogen) atoms.